The summed E-state index contributed by atoms with van der Waals surface area (Å²) >= 11 is 0. The number of benzene rings is 1. The first-order chi connectivity index (χ1) is 11.6. The number of imidazole rings is 1. The van der Waals surface area contributed by atoms with Crippen molar-refractivity contribution in [2.75, 3.05) is 33.3 Å². The van der Waals surface area contributed by atoms with Crippen molar-refractivity contribution in [1.82, 2.24) is 19.4 Å². The number of piperazine rings is 1. The van der Waals surface area contributed by atoms with Crippen LogP contribution in [0, 0.1) is 0 Å². The zero-order valence-corrected chi connectivity index (χ0v) is 14.5. The number of aryl methyl sites for hydroxylation is 1. The molecule has 6 heteroatoms. The minimum Gasteiger partial charge on any atom is -0.496 e. The fourth-order valence-electron chi connectivity index (χ4n) is 3.25. The maximum atomic E-state index is 12.6. The van der Waals surface area contributed by atoms with E-state index in [4.69, 9.17) is 4.74 Å². The van der Waals surface area contributed by atoms with Gasteiger partial charge in [0.05, 0.1) is 19.6 Å². The number of amides is 1. The van der Waals surface area contributed by atoms with Crippen LogP contribution >= 0.6 is 0 Å². The Morgan fingerprint density at radius 3 is 2.54 bits per heavy atom. The van der Waals surface area contributed by atoms with Gasteiger partial charge >= 0.3 is 0 Å². The fraction of sp³-hybridized carbons (Fsp3) is 0.444. The number of hydrogen-bond donors (Lipinski definition) is 0. The first kappa shape index (κ1) is 16.5. The number of rotatable bonds is 4. The Kier molecular flexibility index (Phi) is 4.85. The van der Waals surface area contributed by atoms with Crippen LogP contribution in [0.4, 0.5) is 0 Å². The average molecular weight is 328 g/mol. The molecule has 24 heavy (non-hydrogen) atoms. The monoisotopic (exact) mass is 328 g/mol. The number of carbonyl (C=O) groups excluding carboxylic acids is 1. The summed E-state index contributed by atoms with van der Waals surface area (Å²) in [6.07, 6.45) is 3.29. The maximum Gasteiger partial charge on any atom is 0.272 e. The van der Waals surface area contributed by atoms with E-state index in [1.807, 2.05) is 30.1 Å². The SMILES string of the molecule is COc1ccccc1C(C)N1CCN(C(=O)c2cncn2C)CC1. The van der Waals surface area contributed by atoms with Crippen molar-refractivity contribution in [3.63, 3.8) is 0 Å². The van der Waals surface area contributed by atoms with Gasteiger partial charge in [-0.05, 0) is 13.0 Å². The summed E-state index contributed by atoms with van der Waals surface area (Å²) in [6.45, 7) is 5.34. The zero-order valence-electron chi connectivity index (χ0n) is 14.5. The molecule has 1 fully saturated rings. The number of nitrogens with zero attached hydrogens (tertiary/aromatic N) is 4. The highest BCUT2D eigenvalue weighted by Crippen LogP contribution is 2.29. The van der Waals surface area contributed by atoms with Crippen LogP contribution in [0.3, 0.4) is 0 Å². The molecule has 3 rings (SSSR count). The number of methoxy groups -OCH3 is 1. The van der Waals surface area contributed by atoms with E-state index in [0.717, 1.165) is 31.9 Å². The van der Waals surface area contributed by atoms with Gasteiger partial charge in [-0.1, -0.05) is 18.2 Å². The van der Waals surface area contributed by atoms with Crippen LogP contribution in [-0.4, -0.2) is 58.5 Å². The molecule has 1 aromatic carbocycles. The summed E-state index contributed by atoms with van der Waals surface area (Å²) in [6, 6.07) is 8.39. The largest absolute Gasteiger partial charge is 0.496 e. The zero-order chi connectivity index (χ0) is 17.1. The fourth-order valence-corrected chi connectivity index (χ4v) is 3.25. The third-order valence-electron chi connectivity index (χ3n) is 4.77. The van der Waals surface area contributed by atoms with Crippen molar-refractivity contribution < 1.29 is 9.53 Å². The molecule has 1 aliphatic rings. The third kappa shape index (κ3) is 3.14. The molecule has 1 amide bonds. The van der Waals surface area contributed by atoms with E-state index in [2.05, 4.69) is 22.9 Å². The molecule has 1 aromatic heterocycles. The summed E-state index contributed by atoms with van der Waals surface area (Å²) in [5.41, 5.74) is 1.83. The number of aromatic nitrogens is 2. The van der Waals surface area contributed by atoms with Crippen LogP contribution < -0.4 is 4.74 Å². The van der Waals surface area contributed by atoms with Crippen LogP contribution in [0.25, 0.3) is 0 Å². The quantitative estimate of drug-likeness (QED) is 0.861. The van der Waals surface area contributed by atoms with E-state index in [1.165, 1.54) is 5.56 Å². The summed E-state index contributed by atoms with van der Waals surface area (Å²) in [5, 5.41) is 0. The highest BCUT2D eigenvalue weighted by Gasteiger charge is 2.27. The lowest BCUT2D eigenvalue weighted by atomic mass is 10.0. The van der Waals surface area contributed by atoms with E-state index >= 15 is 0 Å². The molecule has 0 bridgehead atoms. The lowest BCUT2D eigenvalue weighted by Gasteiger charge is -2.38. The minimum atomic E-state index is 0.0552. The molecular formula is C18H24N4O2. The molecular weight excluding hydrogens is 304 g/mol. The Bertz CT molecular complexity index is 705. The van der Waals surface area contributed by atoms with E-state index in [0.29, 0.717) is 5.69 Å². The van der Waals surface area contributed by atoms with Gasteiger partial charge in [-0.15, -0.1) is 0 Å². The molecule has 0 spiro atoms. The van der Waals surface area contributed by atoms with Crippen LogP contribution in [0.1, 0.15) is 29.0 Å². The standard InChI is InChI=1S/C18H24N4O2/c1-14(15-6-4-5-7-17(15)24-3)21-8-10-22(11-9-21)18(23)16-12-19-13-20(16)2/h4-7,12-14H,8-11H2,1-3H3. The Labute approximate surface area is 142 Å². The highest BCUT2D eigenvalue weighted by molar-refractivity contribution is 5.92. The van der Waals surface area contributed by atoms with Gasteiger partial charge in [0.25, 0.3) is 5.91 Å². The van der Waals surface area contributed by atoms with Crippen molar-refractivity contribution >= 4 is 5.91 Å². The lowest BCUT2D eigenvalue weighted by Crippen LogP contribution is -2.49. The Morgan fingerprint density at radius 2 is 1.92 bits per heavy atom. The van der Waals surface area contributed by atoms with Gasteiger partial charge in [0, 0.05) is 44.8 Å². The molecule has 0 N–H and O–H groups in total. The topological polar surface area (TPSA) is 50.6 Å². The van der Waals surface area contributed by atoms with E-state index in [1.54, 1.807) is 24.2 Å². The van der Waals surface area contributed by atoms with Gasteiger partial charge in [0.15, 0.2) is 0 Å². The predicted octanol–water partition coefficient (Wildman–Crippen LogP) is 1.95. The molecule has 0 saturated carbocycles. The Morgan fingerprint density at radius 1 is 1.21 bits per heavy atom. The molecule has 0 radical (unpaired) electrons. The molecule has 2 aromatic rings. The van der Waals surface area contributed by atoms with Crippen molar-refractivity contribution in [1.29, 1.82) is 0 Å². The van der Waals surface area contributed by atoms with Crippen LogP contribution in [0.5, 0.6) is 5.75 Å². The van der Waals surface area contributed by atoms with Crippen molar-refractivity contribution in [3.8, 4) is 5.75 Å². The molecule has 1 unspecified atom stereocenters. The maximum absolute atomic E-state index is 12.6. The van der Waals surface area contributed by atoms with Gasteiger partial charge in [-0.3, -0.25) is 9.69 Å². The smallest absolute Gasteiger partial charge is 0.272 e. The average Bonchev–Trinajstić information content (AvgIpc) is 3.06. The first-order valence-electron chi connectivity index (χ1n) is 8.24. The first-order valence-corrected chi connectivity index (χ1v) is 8.24. The predicted molar refractivity (Wildman–Crippen MR) is 92.1 cm³/mol. The van der Waals surface area contributed by atoms with E-state index in [-0.39, 0.29) is 11.9 Å². The van der Waals surface area contributed by atoms with Crippen LogP contribution in [0.2, 0.25) is 0 Å². The number of carbonyl (C=O) groups is 1. The van der Waals surface area contributed by atoms with Crippen LogP contribution in [0.15, 0.2) is 36.8 Å². The van der Waals surface area contributed by atoms with Crippen LogP contribution in [-0.2, 0) is 7.05 Å². The summed E-state index contributed by atoms with van der Waals surface area (Å²) in [5.74, 6) is 0.970. The molecule has 1 saturated heterocycles. The second-order valence-corrected chi connectivity index (χ2v) is 6.14. The third-order valence-corrected chi connectivity index (χ3v) is 4.77. The van der Waals surface area contributed by atoms with Gasteiger partial charge in [0.1, 0.15) is 11.4 Å². The van der Waals surface area contributed by atoms with Gasteiger partial charge < -0.3 is 14.2 Å². The molecule has 1 aliphatic heterocycles. The van der Waals surface area contributed by atoms with Gasteiger partial charge in [-0.2, -0.15) is 0 Å². The summed E-state index contributed by atoms with van der Waals surface area (Å²) < 4.78 is 7.25. The van der Waals surface area contributed by atoms with Crippen molar-refractivity contribution in [2.45, 2.75) is 13.0 Å². The second kappa shape index (κ2) is 7.05. The Hall–Kier alpha value is -2.34. The number of hydrogen-bond acceptors (Lipinski definition) is 4. The molecule has 128 valence electrons. The minimum absolute atomic E-state index is 0.0552. The molecule has 2 heterocycles. The normalized spacial score (nSPS) is 16.9. The molecule has 6 nitrogen and oxygen atoms in total. The van der Waals surface area contributed by atoms with Crippen molar-refractivity contribution in [3.05, 3.63) is 48.0 Å². The lowest BCUT2D eigenvalue weighted by molar-refractivity contribution is 0.0571. The summed E-state index contributed by atoms with van der Waals surface area (Å²) in [7, 11) is 3.55. The number of ether oxygens (including phenoxy) is 1. The van der Waals surface area contributed by atoms with Gasteiger partial charge in [0.2, 0.25) is 0 Å². The molecule has 0 aliphatic carbocycles. The summed E-state index contributed by atoms with van der Waals surface area (Å²) in [4.78, 5) is 20.9. The van der Waals surface area contributed by atoms with Crippen molar-refractivity contribution in [2.24, 2.45) is 7.05 Å². The second-order valence-electron chi connectivity index (χ2n) is 6.14. The van der Waals surface area contributed by atoms with E-state index in [9.17, 15) is 4.79 Å². The molecule has 1 atom stereocenters. The number of para-hydroxylation sites is 1. The highest BCUT2D eigenvalue weighted by atomic mass is 16.5. The van der Waals surface area contributed by atoms with Gasteiger partial charge in [-0.25, -0.2) is 4.98 Å². The van der Waals surface area contributed by atoms with E-state index < -0.39 is 0 Å². The Balaban J connectivity index is 1.64.